The second-order valence-electron chi connectivity index (χ2n) is 3.95. The minimum Gasteiger partial charge on any atom is -0.379 e. The van der Waals surface area contributed by atoms with E-state index in [-0.39, 0.29) is 18.3 Å². The van der Waals surface area contributed by atoms with Gasteiger partial charge in [-0.2, -0.15) is 0 Å². The Morgan fingerprint density at radius 3 is 2.78 bits per heavy atom. The Kier molecular flexibility index (Phi) is 6.43. The highest BCUT2D eigenvalue weighted by atomic mass is 35.5. The zero-order valence-electron chi connectivity index (χ0n) is 9.89. The number of nitrogens with one attached hydrogen (secondary N) is 1. The highest BCUT2D eigenvalue weighted by molar-refractivity contribution is 6.30. The number of hydrogen-bond acceptors (Lipinski definition) is 3. The van der Waals surface area contributed by atoms with E-state index in [1.165, 1.54) is 0 Å². The summed E-state index contributed by atoms with van der Waals surface area (Å²) >= 11 is 5.84. The fraction of sp³-hybridized carbons (Fsp3) is 0.417. The van der Waals surface area contributed by atoms with Gasteiger partial charge in [0.1, 0.15) is 0 Å². The summed E-state index contributed by atoms with van der Waals surface area (Å²) in [5, 5.41) is 3.44. The first kappa shape index (κ1) is 15.2. The molecule has 0 unspecified atom stereocenters. The van der Waals surface area contributed by atoms with E-state index in [9.17, 15) is 4.79 Å². The van der Waals surface area contributed by atoms with Crippen LogP contribution in [0.1, 0.15) is 0 Å². The molecule has 1 saturated heterocycles. The number of carbonyl (C=O) groups excluding carboxylic acids is 1. The maximum Gasteiger partial charge on any atom is 0.238 e. The highest BCUT2D eigenvalue weighted by Gasteiger charge is 2.13. The van der Waals surface area contributed by atoms with Crippen molar-refractivity contribution >= 4 is 35.6 Å². The Hall–Kier alpha value is -0.810. The van der Waals surface area contributed by atoms with Gasteiger partial charge >= 0.3 is 0 Å². The van der Waals surface area contributed by atoms with E-state index in [1.54, 1.807) is 12.1 Å². The smallest absolute Gasteiger partial charge is 0.238 e. The summed E-state index contributed by atoms with van der Waals surface area (Å²) in [6, 6.07) is 7.15. The van der Waals surface area contributed by atoms with Gasteiger partial charge < -0.3 is 10.1 Å². The van der Waals surface area contributed by atoms with Gasteiger partial charge in [-0.15, -0.1) is 12.4 Å². The number of carbonyl (C=O) groups is 1. The molecule has 6 heteroatoms. The Morgan fingerprint density at radius 1 is 1.39 bits per heavy atom. The SMILES string of the molecule is Cl.O=C(CN1CCOCC1)Nc1cccc(Cl)c1. The van der Waals surface area contributed by atoms with Crippen LogP contribution in [0, 0.1) is 0 Å². The molecule has 0 bridgehead atoms. The molecule has 1 aliphatic heterocycles. The molecule has 1 N–H and O–H groups in total. The van der Waals surface area contributed by atoms with Gasteiger partial charge in [0.2, 0.25) is 5.91 Å². The zero-order chi connectivity index (χ0) is 12.1. The van der Waals surface area contributed by atoms with E-state index in [0.29, 0.717) is 24.8 Å². The highest BCUT2D eigenvalue weighted by Crippen LogP contribution is 2.14. The molecule has 0 aromatic heterocycles. The monoisotopic (exact) mass is 290 g/mol. The maximum absolute atomic E-state index is 11.8. The molecule has 0 aliphatic carbocycles. The molecule has 1 heterocycles. The fourth-order valence-corrected chi connectivity index (χ4v) is 1.92. The average molecular weight is 291 g/mol. The summed E-state index contributed by atoms with van der Waals surface area (Å²) in [5.74, 6) is -0.0193. The third-order valence-electron chi connectivity index (χ3n) is 2.58. The number of halogens is 2. The number of benzene rings is 1. The normalized spacial score (nSPS) is 15.8. The zero-order valence-corrected chi connectivity index (χ0v) is 11.5. The first-order chi connectivity index (χ1) is 8.24. The van der Waals surface area contributed by atoms with Crippen LogP contribution in [0.4, 0.5) is 5.69 Å². The van der Waals surface area contributed by atoms with Crippen molar-refractivity contribution in [2.75, 3.05) is 38.2 Å². The number of amides is 1. The van der Waals surface area contributed by atoms with Crippen LogP contribution in [-0.2, 0) is 9.53 Å². The molecular weight excluding hydrogens is 275 g/mol. The van der Waals surface area contributed by atoms with Crippen molar-refractivity contribution in [2.45, 2.75) is 0 Å². The molecule has 2 rings (SSSR count). The van der Waals surface area contributed by atoms with E-state index in [0.717, 1.165) is 18.8 Å². The summed E-state index contributed by atoms with van der Waals surface area (Å²) in [4.78, 5) is 13.8. The lowest BCUT2D eigenvalue weighted by atomic mass is 10.3. The molecule has 18 heavy (non-hydrogen) atoms. The number of nitrogens with zero attached hydrogens (tertiary/aromatic N) is 1. The fourth-order valence-electron chi connectivity index (χ4n) is 1.73. The molecule has 0 saturated carbocycles. The standard InChI is InChI=1S/C12H15ClN2O2.ClH/c13-10-2-1-3-11(8-10)14-12(16)9-15-4-6-17-7-5-15;/h1-3,8H,4-7,9H2,(H,14,16);1H. The summed E-state index contributed by atoms with van der Waals surface area (Å²) in [7, 11) is 0. The first-order valence-corrected chi connectivity index (χ1v) is 5.97. The summed E-state index contributed by atoms with van der Waals surface area (Å²) in [6.45, 7) is 3.41. The van der Waals surface area contributed by atoms with Crippen molar-refractivity contribution in [3.63, 3.8) is 0 Å². The van der Waals surface area contributed by atoms with Crippen LogP contribution in [0.5, 0.6) is 0 Å². The Balaban J connectivity index is 0.00000162. The number of ether oxygens (including phenoxy) is 1. The Morgan fingerprint density at radius 2 is 2.11 bits per heavy atom. The molecule has 1 aliphatic rings. The minimum atomic E-state index is -0.0193. The molecule has 1 fully saturated rings. The van der Waals surface area contributed by atoms with Gasteiger partial charge in [0.15, 0.2) is 0 Å². The summed E-state index contributed by atoms with van der Waals surface area (Å²) in [6.07, 6.45) is 0. The molecule has 1 aromatic rings. The average Bonchev–Trinajstić information content (AvgIpc) is 2.30. The van der Waals surface area contributed by atoms with Crippen molar-refractivity contribution in [1.82, 2.24) is 4.90 Å². The van der Waals surface area contributed by atoms with Gasteiger partial charge in [-0.3, -0.25) is 9.69 Å². The van der Waals surface area contributed by atoms with Crippen LogP contribution in [0.15, 0.2) is 24.3 Å². The van der Waals surface area contributed by atoms with Crippen molar-refractivity contribution in [2.24, 2.45) is 0 Å². The van der Waals surface area contributed by atoms with Crippen LogP contribution in [-0.4, -0.2) is 43.7 Å². The number of hydrogen-bond donors (Lipinski definition) is 1. The van der Waals surface area contributed by atoms with Crippen molar-refractivity contribution in [1.29, 1.82) is 0 Å². The third-order valence-corrected chi connectivity index (χ3v) is 2.81. The van der Waals surface area contributed by atoms with E-state index < -0.39 is 0 Å². The van der Waals surface area contributed by atoms with Gasteiger partial charge in [0.05, 0.1) is 19.8 Å². The lowest BCUT2D eigenvalue weighted by Gasteiger charge is -2.25. The predicted molar refractivity (Wildman–Crippen MR) is 74.6 cm³/mol. The lowest BCUT2D eigenvalue weighted by molar-refractivity contribution is -0.118. The molecule has 0 radical (unpaired) electrons. The Labute approximate surface area is 118 Å². The van der Waals surface area contributed by atoms with Crippen molar-refractivity contribution in [3.8, 4) is 0 Å². The van der Waals surface area contributed by atoms with Gasteiger partial charge in [-0.25, -0.2) is 0 Å². The van der Waals surface area contributed by atoms with Gasteiger partial charge in [-0.05, 0) is 18.2 Å². The second-order valence-corrected chi connectivity index (χ2v) is 4.38. The van der Waals surface area contributed by atoms with Crippen LogP contribution < -0.4 is 5.32 Å². The lowest BCUT2D eigenvalue weighted by Crippen LogP contribution is -2.41. The quantitative estimate of drug-likeness (QED) is 0.926. The van der Waals surface area contributed by atoms with Crippen molar-refractivity contribution in [3.05, 3.63) is 29.3 Å². The maximum atomic E-state index is 11.8. The van der Waals surface area contributed by atoms with Gasteiger partial charge in [0.25, 0.3) is 0 Å². The molecule has 0 spiro atoms. The molecule has 100 valence electrons. The van der Waals surface area contributed by atoms with Crippen molar-refractivity contribution < 1.29 is 9.53 Å². The van der Waals surface area contributed by atoms with Crippen LogP contribution >= 0.6 is 24.0 Å². The van der Waals surface area contributed by atoms with Crippen LogP contribution in [0.2, 0.25) is 5.02 Å². The van der Waals surface area contributed by atoms with Crippen LogP contribution in [0.25, 0.3) is 0 Å². The summed E-state index contributed by atoms with van der Waals surface area (Å²) in [5.41, 5.74) is 0.732. The summed E-state index contributed by atoms with van der Waals surface area (Å²) < 4.78 is 5.22. The molecule has 1 aromatic carbocycles. The molecule has 1 amide bonds. The number of morpholine rings is 1. The van der Waals surface area contributed by atoms with E-state index in [1.807, 2.05) is 12.1 Å². The third kappa shape index (κ3) is 4.82. The Bertz CT molecular complexity index is 395. The largest absolute Gasteiger partial charge is 0.379 e. The van der Waals surface area contributed by atoms with E-state index in [2.05, 4.69) is 10.2 Å². The number of rotatable bonds is 3. The van der Waals surface area contributed by atoms with E-state index in [4.69, 9.17) is 16.3 Å². The van der Waals surface area contributed by atoms with E-state index >= 15 is 0 Å². The topological polar surface area (TPSA) is 41.6 Å². The number of anilines is 1. The first-order valence-electron chi connectivity index (χ1n) is 5.59. The minimum absolute atomic E-state index is 0. The molecular formula is C12H16Cl2N2O2. The molecule has 4 nitrogen and oxygen atoms in total. The molecule has 0 atom stereocenters. The van der Waals surface area contributed by atoms with Crippen LogP contribution in [0.3, 0.4) is 0 Å². The second kappa shape index (κ2) is 7.59. The predicted octanol–water partition coefficient (Wildman–Crippen LogP) is 2.03. The van der Waals surface area contributed by atoms with Gasteiger partial charge in [0, 0.05) is 23.8 Å². The van der Waals surface area contributed by atoms with Gasteiger partial charge in [-0.1, -0.05) is 17.7 Å².